The predicted molar refractivity (Wildman–Crippen MR) is 91.7 cm³/mol. The number of amides is 1. The fraction of sp³-hybridized carbons (Fsp3) is 0.579. The van der Waals surface area contributed by atoms with Gasteiger partial charge in [0.2, 0.25) is 0 Å². The minimum absolute atomic E-state index is 0.0105. The topological polar surface area (TPSA) is 81.4 Å². The fourth-order valence-electron chi connectivity index (χ4n) is 3.51. The van der Waals surface area contributed by atoms with Crippen LogP contribution < -0.4 is 0 Å². The number of ether oxygens (including phenoxy) is 1. The third-order valence-corrected chi connectivity index (χ3v) is 5.25. The molecule has 2 saturated carbocycles. The van der Waals surface area contributed by atoms with E-state index in [1.807, 2.05) is 17.9 Å². The zero-order chi connectivity index (χ0) is 17.7. The van der Waals surface area contributed by atoms with Crippen molar-refractivity contribution in [2.75, 3.05) is 13.1 Å². The van der Waals surface area contributed by atoms with E-state index in [0.717, 1.165) is 24.4 Å². The molecule has 0 aromatic carbocycles. The van der Waals surface area contributed by atoms with Crippen molar-refractivity contribution in [2.24, 2.45) is 0 Å². The van der Waals surface area contributed by atoms with Gasteiger partial charge in [-0.25, -0.2) is 0 Å². The minimum Gasteiger partial charge on any atom is -0.362 e. The number of morpholine rings is 1. The zero-order valence-corrected chi connectivity index (χ0v) is 14.8. The number of pyridine rings is 1. The molecule has 7 heteroatoms. The first-order valence-corrected chi connectivity index (χ1v) is 9.41. The molecule has 2 atom stereocenters. The molecule has 2 aromatic heterocycles. The average Bonchev–Trinajstić information content (AvgIpc) is 3.59. The Morgan fingerprint density at radius 2 is 2.00 bits per heavy atom. The lowest BCUT2D eigenvalue weighted by molar-refractivity contribution is -0.0810. The van der Waals surface area contributed by atoms with Crippen molar-refractivity contribution >= 4 is 5.91 Å². The lowest BCUT2D eigenvalue weighted by atomic mass is 10.1. The molecule has 1 amide bonds. The maximum absolute atomic E-state index is 13.0. The Labute approximate surface area is 151 Å². The number of hydrogen-bond acceptors (Lipinski definition) is 6. The number of aromatic nitrogens is 3. The molecule has 0 radical (unpaired) electrons. The molecule has 7 nitrogen and oxygen atoms in total. The molecule has 136 valence electrons. The lowest BCUT2D eigenvalue weighted by Crippen LogP contribution is -2.46. The smallest absolute Gasteiger partial charge is 0.257 e. The van der Waals surface area contributed by atoms with Crippen LogP contribution in [-0.2, 0) is 4.74 Å². The number of nitrogens with zero attached hydrogens (tertiary/aromatic N) is 4. The van der Waals surface area contributed by atoms with Gasteiger partial charge in [0.05, 0.1) is 12.6 Å². The third kappa shape index (κ3) is 3.11. The third-order valence-electron chi connectivity index (χ3n) is 5.25. The molecule has 26 heavy (non-hydrogen) atoms. The summed E-state index contributed by atoms with van der Waals surface area (Å²) in [5.41, 5.74) is 1.72. The van der Waals surface area contributed by atoms with Crippen LogP contribution in [0.4, 0.5) is 0 Å². The minimum atomic E-state index is -0.368. The lowest BCUT2D eigenvalue weighted by Gasteiger charge is -2.35. The van der Waals surface area contributed by atoms with Gasteiger partial charge in [-0.2, -0.15) is 4.98 Å². The number of carbonyl (C=O) groups excluding carboxylic acids is 1. The molecule has 2 aromatic rings. The van der Waals surface area contributed by atoms with Gasteiger partial charge < -0.3 is 14.2 Å². The van der Waals surface area contributed by atoms with Gasteiger partial charge in [0, 0.05) is 35.8 Å². The van der Waals surface area contributed by atoms with E-state index in [4.69, 9.17) is 9.26 Å². The summed E-state index contributed by atoms with van der Waals surface area (Å²) in [6, 6.07) is 3.73. The number of carbonyl (C=O) groups is 1. The van der Waals surface area contributed by atoms with Gasteiger partial charge in [0.25, 0.3) is 11.8 Å². The normalized spacial score (nSPS) is 26.1. The average molecular weight is 354 g/mol. The van der Waals surface area contributed by atoms with Gasteiger partial charge in [-0.15, -0.1) is 0 Å². The van der Waals surface area contributed by atoms with E-state index >= 15 is 0 Å². The van der Waals surface area contributed by atoms with E-state index in [-0.39, 0.29) is 18.1 Å². The van der Waals surface area contributed by atoms with Crippen molar-refractivity contribution in [2.45, 2.75) is 56.7 Å². The standard InChI is InChI=1S/C19H22N4O3/c1-11-9-23(19(24)14-6-7-20-15(8-14)12-2-3-12)10-16(25-11)18-21-17(22-26-18)13-4-5-13/h6-8,11-13,16H,2-5,9-10H2,1H3/t11-,16-/m1/s1. The van der Waals surface area contributed by atoms with Crippen molar-refractivity contribution < 1.29 is 14.1 Å². The van der Waals surface area contributed by atoms with Crippen LogP contribution in [0.5, 0.6) is 0 Å². The summed E-state index contributed by atoms with van der Waals surface area (Å²) in [7, 11) is 0. The van der Waals surface area contributed by atoms with Crippen molar-refractivity contribution in [3.8, 4) is 0 Å². The van der Waals surface area contributed by atoms with Gasteiger partial charge in [0.1, 0.15) is 0 Å². The van der Waals surface area contributed by atoms with Crippen molar-refractivity contribution in [1.29, 1.82) is 0 Å². The van der Waals surface area contributed by atoms with E-state index in [0.29, 0.717) is 36.4 Å². The van der Waals surface area contributed by atoms with Crippen LogP contribution >= 0.6 is 0 Å². The Morgan fingerprint density at radius 3 is 2.77 bits per heavy atom. The monoisotopic (exact) mass is 354 g/mol. The summed E-state index contributed by atoms with van der Waals surface area (Å²) in [6.45, 7) is 2.95. The summed E-state index contributed by atoms with van der Waals surface area (Å²) in [5.74, 6) is 2.21. The second-order valence-electron chi connectivity index (χ2n) is 7.65. The van der Waals surface area contributed by atoms with Gasteiger partial charge in [-0.1, -0.05) is 5.16 Å². The molecule has 2 aliphatic carbocycles. The summed E-state index contributed by atoms with van der Waals surface area (Å²) < 4.78 is 11.4. The van der Waals surface area contributed by atoms with Crippen LogP contribution in [0.2, 0.25) is 0 Å². The first-order chi connectivity index (χ1) is 12.7. The van der Waals surface area contributed by atoms with Crippen molar-refractivity contribution in [3.05, 3.63) is 41.3 Å². The van der Waals surface area contributed by atoms with E-state index in [2.05, 4.69) is 15.1 Å². The van der Waals surface area contributed by atoms with Crippen LogP contribution in [0.3, 0.4) is 0 Å². The molecule has 3 heterocycles. The summed E-state index contributed by atoms with van der Waals surface area (Å²) in [5, 5.41) is 4.07. The van der Waals surface area contributed by atoms with Crippen molar-refractivity contribution in [3.63, 3.8) is 0 Å². The molecule has 1 aliphatic heterocycles. The predicted octanol–water partition coefficient (Wildman–Crippen LogP) is 2.82. The molecular formula is C19H22N4O3. The van der Waals surface area contributed by atoms with Crippen LogP contribution in [0.15, 0.2) is 22.9 Å². The molecule has 1 saturated heterocycles. The first-order valence-electron chi connectivity index (χ1n) is 9.41. The highest BCUT2D eigenvalue weighted by Gasteiger charge is 2.36. The fourth-order valence-corrected chi connectivity index (χ4v) is 3.51. The van der Waals surface area contributed by atoms with Gasteiger partial charge in [-0.3, -0.25) is 9.78 Å². The Morgan fingerprint density at radius 1 is 1.19 bits per heavy atom. The Bertz CT molecular complexity index is 828. The van der Waals surface area contributed by atoms with Gasteiger partial charge in [0.15, 0.2) is 11.9 Å². The maximum atomic E-state index is 13.0. The summed E-state index contributed by atoms with van der Waals surface area (Å²) >= 11 is 0. The van der Waals surface area contributed by atoms with E-state index in [1.54, 1.807) is 12.3 Å². The SMILES string of the molecule is C[C@@H]1CN(C(=O)c2ccnc(C3CC3)c2)C[C@H](c2nc(C3CC3)no2)O1. The first kappa shape index (κ1) is 15.9. The highest BCUT2D eigenvalue weighted by Crippen LogP contribution is 2.40. The Hall–Kier alpha value is -2.28. The van der Waals surface area contributed by atoms with Crippen LogP contribution in [0, 0.1) is 0 Å². The molecule has 5 rings (SSSR count). The molecule has 0 N–H and O–H groups in total. The zero-order valence-electron chi connectivity index (χ0n) is 14.8. The molecular weight excluding hydrogens is 332 g/mol. The van der Waals surface area contributed by atoms with E-state index < -0.39 is 0 Å². The summed E-state index contributed by atoms with van der Waals surface area (Å²) in [6.07, 6.45) is 5.87. The van der Waals surface area contributed by atoms with Crippen molar-refractivity contribution in [1.82, 2.24) is 20.0 Å². The Balaban J connectivity index is 1.34. The molecule has 0 unspecified atom stereocenters. The molecule has 3 aliphatic rings. The highest BCUT2D eigenvalue weighted by atomic mass is 16.5. The van der Waals surface area contributed by atoms with Crippen LogP contribution in [0.1, 0.15) is 78.3 Å². The van der Waals surface area contributed by atoms with Crippen LogP contribution in [-0.4, -0.2) is 45.1 Å². The molecule has 0 bridgehead atoms. The molecule has 3 fully saturated rings. The largest absolute Gasteiger partial charge is 0.362 e. The Kier molecular flexibility index (Phi) is 3.77. The maximum Gasteiger partial charge on any atom is 0.257 e. The summed E-state index contributed by atoms with van der Waals surface area (Å²) in [4.78, 5) is 23.7. The number of hydrogen-bond donors (Lipinski definition) is 0. The second-order valence-corrected chi connectivity index (χ2v) is 7.65. The highest BCUT2D eigenvalue weighted by molar-refractivity contribution is 5.94. The van der Waals surface area contributed by atoms with Gasteiger partial charge in [-0.05, 0) is 44.7 Å². The van der Waals surface area contributed by atoms with E-state index in [9.17, 15) is 4.79 Å². The van der Waals surface area contributed by atoms with Gasteiger partial charge >= 0.3 is 0 Å². The van der Waals surface area contributed by atoms with E-state index in [1.165, 1.54) is 12.8 Å². The quantitative estimate of drug-likeness (QED) is 0.840. The van der Waals surface area contributed by atoms with Crippen LogP contribution in [0.25, 0.3) is 0 Å². The molecule has 0 spiro atoms. The second kappa shape index (κ2) is 6.16. The number of rotatable bonds is 4.